The Kier molecular flexibility index (Phi) is 5.48. The van der Waals surface area contributed by atoms with Gasteiger partial charge in [0.15, 0.2) is 6.61 Å². The van der Waals surface area contributed by atoms with Crippen molar-refractivity contribution in [2.24, 2.45) is 0 Å². The smallest absolute Gasteiger partial charge is 0.405 e. The van der Waals surface area contributed by atoms with E-state index in [1.807, 2.05) is 25.1 Å². The molecule has 24 heavy (non-hydrogen) atoms. The number of esters is 1. The molecule has 0 aliphatic rings. The highest BCUT2D eigenvalue weighted by atomic mass is 19.4. The number of fused-ring (bicyclic) bond motifs is 1. The first-order chi connectivity index (χ1) is 11.3. The monoisotopic (exact) mass is 343 g/mol. The summed E-state index contributed by atoms with van der Waals surface area (Å²) in [4.78, 5) is 22.9. The Morgan fingerprint density at radius 2 is 2.04 bits per heavy atom. The van der Waals surface area contributed by atoms with Crippen molar-refractivity contribution in [2.75, 3.05) is 13.2 Å². The van der Waals surface area contributed by atoms with Crippen molar-refractivity contribution in [3.8, 4) is 0 Å². The maximum Gasteiger partial charge on any atom is 0.405 e. The van der Waals surface area contributed by atoms with Gasteiger partial charge in [0.25, 0.3) is 5.91 Å². The van der Waals surface area contributed by atoms with Gasteiger partial charge < -0.3 is 14.5 Å². The third-order valence-corrected chi connectivity index (χ3v) is 3.31. The van der Waals surface area contributed by atoms with Crippen LogP contribution in [0.25, 0.3) is 11.0 Å². The number of carbonyl (C=O) groups is 2. The molecule has 0 unspecified atom stereocenters. The molecule has 2 aromatic rings. The maximum absolute atomic E-state index is 11.9. The number of hydrogen-bond acceptors (Lipinski definition) is 4. The highest BCUT2D eigenvalue weighted by molar-refractivity contribution is 5.87. The lowest BCUT2D eigenvalue weighted by Crippen LogP contribution is -2.36. The van der Waals surface area contributed by atoms with Crippen molar-refractivity contribution in [3.63, 3.8) is 0 Å². The molecule has 0 aliphatic carbocycles. The van der Waals surface area contributed by atoms with Crippen molar-refractivity contribution in [2.45, 2.75) is 25.9 Å². The van der Waals surface area contributed by atoms with E-state index < -0.39 is 31.2 Å². The van der Waals surface area contributed by atoms with Crippen molar-refractivity contribution in [1.29, 1.82) is 0 Å². The normalized spacial score (nSPS) is 11.5. The molecule has 8 heteroatoms. The number of alkyl halides is 3. The standard InChI is InChI=1S/C16H16F3NO4/c1-2-10-3-4-12-11(7-23-13(12)5-10)6-15(22)24-8-14(21)20-9-16(17,18)19/h3-5,7H,2,6,8-9H2,1H3,(H,20,21). The molecule has 0 spiro atoms. The number of halogens is 3. The minimum atomic E-state index is -4.51. The highest BCUT2D eigenvalue weighted by Gasteiger charge is 2.27. The van der Waals surface area contributed by atoms with Crippen LogP contribution in [0.5, 0.6) is 0 Å². The third-order valence-electron chi connectivity index (χ3n) is 3.31. The van der Waals surface area contributed by atoms with Crippen LogP contribution in [0.4, 0.5) is 13.2 Å². The minimum Gasteiger partial charge on any atom is -0.464 e. The number of carbonyl (C=O) groups excluding carboxylic acids is 2. The van der Waals surface area contributed by atoms with Crippen LogP contribution < -0.4 is 5.32 Å². The van der Waals surface area contributed by atoms with E-state index in [1.165, 1.54) is 6.26 Å². The zero-order chi connectivity index (χ0) is 17.7. The van der Waals surface area contributed by atoms with Gasteiger partial charge in [0.1, 0.15) is 12.1 Å². The zero-order valence-corrected chi connectivity index (χ0v) is 12.9. The summed E-state index contributed by atoms with van der Waals surface area (Å²) in [6.45, 7) is -0.216. The number of hydrogen-bond donors (Lipinski definition) is 1. The van der Waals surface area contributed by atoms with Gasteiger partial charge in [-0.2, -0.15) is 13.2 Å². The van der Waals surface area contributed by atoms with Crippen LogP contribution in [0.1, 0.15) is 18.1 Å². The number of amides is 1. The summed E-state index contributed by atoms with van der Waals surface area (Å²) < 4.78 is 45.9. The molecule has 0 atom stereocenters. The Balaban J connectivity index is 1.87. The third kappa shape index (κ3) is 5.00. The number of aryl methyl sites for hydroxylation is 1. The molecule has 0 radical (unpaired) electrons. The molecule has 1 N–H and O–H groups in total. The van der Waals surface area contributed by atoms with Crippen molar-refractivity contribution >= 4 is 22.8 Å². The summed E-state index contributed by atoms with van der Waals surface area (Å²) in [6, 6.07) is 5.61. The van der Waals surface area contributed by atoms with Crippen LogP contribution in [-0.2, 0) is 27.2 Å². The van der Waals surface area contributed by atoms with E-state index in [0.717, 1.165) is 17.4 Å². The van der Waals surface area contributed by atoms with Crippen molar-refractivity contribution in [1.82, 2.24) is 5.32 Å². The quantitative estimate of drug-likeness (QED) is 0.819. The van der Waals surface area contributed by atoms with Gasteiger partial charge in [0.2, 0.25) is 0 Å². The molecule has 0 bridgehead atoms. The molecule has 5 nitrogen and oxygen atoms in total. The molecular formula is C16H16F3NO4. The molecule has 130 valence electrons. The fourth-order valence-corrected chi connectivity index (χ4v) is 2.09. The fourth-order valence-electron chi connectivity index (χ4n) is 2.09. The summed E-state index contributed by atoms with van der Waals surface area (Å²) in [5.41, 5.74) is 2.32. The van der Waals surface area contributed by atoms with E-state index in [-0.39, 0.29) is 6.42 Å². The predicted molar refractivity (Wildman–Crippen MR) is 79.3 cm³/mol. The van der Waals surface area contributed by atoms with Gasteiger partial charge in [-0.3, -0.25) is 9.59 Å². The number of benzene rings is 1. The Labute approximate surface area is 135 Å². The lowest BCUT2D eigenvalue weighted by molar-refractivity contribution is -0.150. The fraction of sp³-hybridized carbons (Fsp3) is 0.375. The van der Waals surface area contributed by atoms with Crippen LogP contribution in [0, 0.1) is 0 Å². The van der Waals surface area contributed by atoms with Gasteiger partial charge >= 0.3 is 12.1 Å². The second-order valence-electron chi connectivity index (χ2n) is 5.17. The highest BCUT2D eigenvalue weighted by Crippen LogP contribution is 2.23. The van der Waals surface area contributed by atoms with Crippen LogP contribution in [0.15, 0.2) is 28.9 Å². The Morgan fingerprint density at radius 3 is 2.71 bits per heavy atom. The number of nitrogens with one attached hydrogen (secondary N) is 1. The lowest BCUT2D eigenvalue weighted by atomic mass is 10.1. The molecule has 1 aromatic heterocycles. The average molecular weight is 343 g/mol. The van der Waals surface area contributed by atoms with Crippen LogP contribution in [0.3, 0.4) is 0 Å². The van der Waals surface area contributed by atoms with Gasteiger partial charge in [0, 0.05) is 10.9 Å². The molecule has 0 saturated carbocycles. The molecule has 2 rings (SSSR count). The molecule has 0 saturated heterocycles. The molecule has 1 aromatic carbocycles. The number of ether oxygens (including phenoxy) is 1. The molecule has 1 amide bonds. The van der Waals surface area contributed by atoms with Crippen molar-refractivity contribution in [3.05, 3.63) is 35.6 Å². The Hall–Kier alpha value is -2.51. The van der Waals surface area contributed by atoms with Crippen LogP contribution in [-0.4, -0.2) is 31.2 Å². The summed E-state index contributed by atoms with van der Waals surface area (Å²) >= 11 is 0. The maximum atomic E-state index is 11.9. The van der Waals surface area contributed by atoms with Gasteiger partial charge in [-0.25, -0.2) is 0 Å². The summed E-state index contributed by atoms with van der Waals surface area (Å²) in [7, 11) is 0. The number of rotatable bonds is 6. The second kappa shape index (κ2) is 7.37. The van der Waals surface area contributed by atoms with E-state index in [1.54, 1.807) is 5.32 Å². The molecular weight excluding hydrogens is 327 g/mol. The first-order valence-electron chi connectivity index (χ1n) is 7.26. The Bertz CT molecular complexity index is 736. The molecule has 0 fully saturated rings. The summed E-state index contributed by atoms with van der Waals surface area (Å²) in [6.07, 6.45) is -2.37. The lowest BCUT2D eigenvalue weighted by Gasteiger charge is -2.08. The predicted octanol–water partition coefficient (Wildman–Crippen LogP) is 2.76. The van der Waals surface area contributed by atoms with Gasteiger partial charge in [-0.1, -0.05) is 19.1 Å². The SMILES string of the molecule is CCc1ccc2c(CC(=O)OCC(=O)NCC(F)(F)F)coc2c1. The van der Waals surface area contributed by atoms with Crippen molar-refractivity contribution < 1.29 is 31.9 Å². The van der Waals surface area contributed by atoms with Gasteiger partial charge in [-0.05, 0) is 18.1 Å². The van der Waals surface area contributed by atoms with E-state index >= 15 is 0 Å². The Morgan fingerprint density at radius 1 is 1.29 bits per heavy atom. The topological polar surface area (TPSA) is 68.5 Å². The first kappa shape index (κ1) is 17.8. The summed E-state index contributed by atoms with van der Waals surface area (Å²) in [5.74, 6) is -1.73. The average Bonchev–Trinajstić information content (AvgIpc) is 2.92. The van der Waals surface area contributed by atoms with E-state index in [4.69, 9.17) is 4.42 Å². The summed E-state index contributed by atoms with van der Waals surface area (Å²) in [5, 5.41) is 2.37. The van der Waals surface area contributed by atoms with E-state index in [2.05, 4.69) is 4.74 Å². The number of furan rings is 1. The van der Waals surface area contributed by atoms with E-state index in [0.29, 0.717) is 11.1 Å². The second-order valence-corrected chi connectivity index (χ2v) is 5.17. The van der Waals surface area contributed by atoms with Crippen LogP contribution in [0.2, 0.25) is 0 Å². The first-order valence-corrected chi connectivity index (χ1v) is 7.26. The van der Waals surface area contributed by atoms with Gasteiger partial charge in [-0.15, -0.1) is 0 Å². The minimum absolute atomic E-state index is 0.134. The molecule has 0 aliphatic heterocycles. The van der Waals surface area contributed by atoms with E-state index in [9.17, 15) is 22.8 Å². The van der Waals surface area contributed by atoms with Crippen LogP contribution >= 0.6 is 0 Å². The zero-order valence-electron chi connectivity index (χ0n) is 12.9. The molecule has 1 heterocycles. The largest absolute Gasteiger partial charge is 0.464 e. The van der Waals surface area contributed by atoms with Gasteiger partial charge in [0.05, 0.1) is 12.7 Å².